The van der Waals surface area contributed by atoms with Crippen LogP contribution in [0.5, 0.6) is 0 Å². The molecule has 44 heavy (non-hydrogen) atoms. The van der Waals surface area contributed by atoms with Crippen LogP contribution in [0.15, 0.2) is 24.3 Å². The second-order valence-electron chi connectivity index (χ2n) is 13.2. The fourth-order valence-electron chi connectivity index (χ4n) is 4.75. The molecule has 260 valence electrons. The van der Waals surface area contributed by atoms with Crippen LogP contribution in [0.2, 0.25) is 0 Å². The summed E-state index contributed by atoms with van der Waals surface area (Å²) in [5.74, 6) is -0.193. The molecule has 1 amide bonds. The number of carbonyl (C=O) groups excluding carboxylic acids is 1. The van der Waals surface area contributed by atoms with E-state index in [9.17, 15) is 19.4 Å². The SMILES string of the molecule is CCC/C=C\CCCCCCCC(=O)NC(COP(=O)(O)OCC[N+](C)(C)C)C(O)/C=C/CCCCCCCCCCCC. The largest absolute Gasteiger partial charge is 0.472 e. The number of amides is 1. The van der Waals surface area contributed by atoms with E-state index < -0.39 is 20.0 Å². The number of hydrogen-bond acceptors (Lipinski definition) is 5. The summed E-state index contributed by atoms with van der Waals surface area (Å²) in [4.78, 5) is 22.9. The molecule has 3 N–H and O–H groups in total. The van der Waals surface area contributed by atoms with Gasteiger partial charge in [-0.3, -0.25) is 13.8 Å². The Kier molecular flexibility index (Phi) is 27.6. The third kappa shape index (κ3) is 29.7. The lowest BCUT2D eigenvalue weighted by atomic mass is 10.1. The van der Waals surface area contributed by atoms with E-state index in [-0.39, 0.29) is 19.1 Å². The zero-order valence-corrected chi connectivity index (χ0v) is 30.0. The summed E-state index contributed by atoms with van der Waals surface area (Å²) < 4.78 is 23.4. The quantitative estimate of drug-likeness (QED) is 0.0302. The zero-order valence-electron chi connectivity index (χ0n) is 29.1. The molecule has 0 aliphatic heterocycles. The number of likely N-dealkylation sites (N-methyl/N-ethyl adjacent to an activating group) is 1. The van der Waals surface area contributed by atoms with Crippen molar-refractivity contribution in [3.05, 3.63) is 24.3 Å². The van der Waals surface area contributed by atoms with E-state index in [1.54, 1.807) is 6.08 Å². The molecule has 0 aliphatic rings. The number of phosphoric ester groups is 1. The molecule has 0 bridgehead atoms. The monoisotopic (exact) mass is 645 g/mol. The second-order valence-corrected chi connectivity index (χ2v) is 14.7. The molecule has 0 fully saturated rings. The van der Waals surface area contributed by atoms with Crippen LogP contribution in [0.1, 0.15) is 142 Å². The van der Waals surface area contributed by atoms with Crippen LogP contribution in [-0.2, 0) is 18.4 Å². The molecule has 0 aromatic rings. The number of aliphatic hydroxyl groups excluding tert-OH is 1. The van der Waals surface area contributed by atoms with Gasteiger partial charge in [-0.25, -0.2) is 4.57 Å². The lowest BCUT2D eigenvalue weighted by Crippen LogP contribution is -2.45. The molecule has 9 heteroatoms. The van der Waals surface area contributed by atoms with E-state index in [1.807, 2.05) is 27.2 Å². The fraction of sp³-hybridized carbons (Fsp3) is 0.857. The van der Waals surface area contributed by atoms with Crippen LogP contribution in [0, 0.1) is 0 Å². The number of quaternary nitrogens is 1. The number of rotatable bonds is 31. The van der Waals surface area contributed by atoms with Crippen molar-refractivity contribution in [1.29, 1.82) is 0 Å². The first-order valence-electron chi connectivity index (χ1n) is 17.7. The van der Waals surface area contributed by atoms with Gasteiger partial charge in [0.1, 0.15) is 13.2 Å². The van der Waals surface area contributed by atoms with Crippen molar-refractivity contribution in [2.75, 3.05) is 40.9 Å². The van der Waals surface area contributed by atoms with Crippen LogP contribution in [0.25, 0.3) is 0 Å². The maximum atomic E-state index is 12.7. The number of nitrogens with one attached hydrogen (secondary N) is 1. The molecule has 0 aliphatic carbocycles. The molecule has 0 aromatic carbocycles. The minimum Gasteiger partial charge on any atom is -0.387 e. The molecule has 8 nitrogen and oxygen atoms in total. The molecule has 0 aromatic heterocycles. The highest BCUT2D eigenvalue weighted by Gasteiger charge is 2.27. The first-order valence-corrected chi connectivity index (χ1v) is 19.2. The van der Waals surface area contributed by atoms with E-state index in [1.165, 1.54) is 64.2 Å². The van der Waals surface area contributed by atoms with E-state index in [4.69, 9.17) is 9.05 Å². The van der Waals surface area contributed by atoms with E-state index in [2.05, 4.69) is 31.3 Å². The maximum absolute atomic E-state index is 12.7. The summed E-state index contributed by atoms with van der Waals surface area (Å²) in [5, 5.41) is 13.7. The van der Waals surface area contributed by atoms with Crippen LogP contribution < -0.4 is 5.32 Å². The second kappa shape index (κ2) is 28.2. The number of nitrogens with zero attached hydrogens (tertiary/aromatic N) is 1. The van der Waals surface area contributed by atoms with Gasteiger partial charge in [0.05, 0.1) is 39.9 Å². The smallest absolute Gasteiger partial charge is 0.387 e. The van der Waals surface area contributed by atoms with Crippen LogP contribution >= 0.6 is 7.82 Å². The number of carbonyl (C=O) groups is 1. The topological polar surface area (TPSA) is 105 Å². The van der Waals surface area contributed by atoms with Crippen LogP contribution in [0.3, 0.4) is 0 Å². The van der Waals surface area contributed by atoms with Crippen molar-refractivity contribution in [2.45, 2.75) is 154 Å². The third-order valence-corrected chi connectivity index (χ3v) is 8.63. The summed E-state index contributed by atoms with van der Waals surface area (Å²) in [7, 11) is 1.56. The van der Waals surface area contributed by atoms with Gasteiger partial charge in [-0.15, -0.1) is 0 Å². The Labute approximate surface area is 271 Å². The molecule has 0 radical (unpaired) electrons. The Morgan fingerprint density at radius 1 is 0.750 bits per heavy atom. The van der Waals surface area contributed by atoms with Crippen LogP contribution in [-0.4, -0.2) is 73.4 Å². The fourth-order valence-corrected chi connectivity index (χ4v) is 5.48. The number of phosphoric acid groups is 1. The molecule has 0 spiro atoms. The Morgan fingerprint density at radius 3 is 1.84 bits per heavy atom. The van der Waals surface area contributed by atoms with Crippen molar-refractivity contribution in [3.8, 4) is 0 Å². The summed E-state index contributed by atoms with van der Waals surface area (Å²) in [5.41, 5.74) is 0. The number of hydrogen-bond donors (Lipinski definition) is 3. The van der Waals surface area contributed by atoms with Crippen LogP contribution in [0.4, 0.5) is 0 Å². The number of unbranched alkanes of at least 4 members (excludes halogenated alkanes) is 16. The van der Waals surface area contributed by atoms with Crippen molar-refractivity contribution in [3.63, 3.8) is 0 Å². The first kappa shape index (κ1) is 43.0. The third-order valence-electron chi connectivity index (χ3n) is 7.65. The lowest BCUT2D eigenvalue weighted by Gasteiger charge is -2.25. The molecule has 3 atom stereocenters. The van der Waals surface area contributed by atoms with Gasteiger partial charge in [-0.05, 0) is 38.5 Å². The van der Waals surface area contributed by atoms with Gasteiger partial charge in [0.2, 0.25) is 5.91 Å². The average molecular weight is 646 g/mol. The molecular weight excluding hydrogens is 575 g/mol. The Hall–Kier alpha value is -1.02. The molecular formula is C35H70N2O6P+. The predicted octanol–water partition coefficient (Wildman–Crippen LogP) is 8.63. The Bertz CT molecular complexity index is 784. The number of aliphatic hydroxyl groups is 1. The Morgan fingerprint density at radius 2 is 1.27 bits per heavy atom. The van der Waals surface area contributed by atoms with Crippen molar-refractivity contribution >= 4 is 13.7 Å². The Balaban J connectivity index is 4.62. The van der Waals surface area contributed by atoms with E-state index in [0.29, 0.717) is 17.4 Å². The van der Waals surface area contributed by atoms with Crippen molar-refractivity contribution in [2.24, 2.45) is 0 Å². The van der Waals surface area contributed by atoms with Gasteiger partial charge in [0, 0.05) is 6.42 Å². The van der Waals surface area contributed by atoms with Crippen molar-refractivity contribution < 1.29 is 32.9 Å². The summed E-state index contributed by atoms with van der Waals surface area (Å²) in [6, 6.07) is -0.844. The highest BCUT2D eigenvalue weighted by molar-refractivity contribution is 7.47. The summed E-state index contributed by atoms with van der Waals surface area (Å²) in [6.45, 7) is 4.70. The minimum absolute atomic E-state index is 0.0602. The standard InChI is InChI=1S/C35H69N2O6P/c1-6-8-10-12-14-16-18-19-20-22-24-26-28-34(38)33(32-43-44(40,41)42-31-30-37(3,4)5)36-35(39)29-27-25-23-21-17-15-13-11-9-7-2/h11,13,26,28,33-34,38H,6-10,12,14-25,27,29-32H2,1-5H3,(H-,36,39,40,41)/p+1/b13-11-,28-26+. The van der Waals surface area contributed by atoms with E-state index >= 15 is 0 Å². The van der Waals surface area contributed by atoms with Gasteiger partial charge in [-0.2, -0.15) is 0 Å². The van der Waals surface area contributed by atoms with Gasteiger partial charge in [0.15, 0.2) is 0 Å². The number of allylic oxidation sites excluding steroid dienone is 3. The minimum atomic E-state index is -4.32. The molecule has 0 saturated heterocycles. The molecule has 3 unspecified atom stereocenters. The highest BCUT2D eigenvalue weighted by Crippen LogP contribution is 2.43. The zero-order chi connectivity index (χ0) is 32.9. The van der Waals surface area contributed by atoms with E-state index in [0.717, 1.165) is 57.8 Å². The normalized spacial score (nSPS) is 15.2. The molecule has 0 rings (SSSR count). The summed E-state index contributed by atoms with van der Waals surface area (Å²) >= 11 is 0. The highest BCUT2D eigenvalue weighted by atomic mass is 31.2. The van der Waals surface area contributed by atoms with Gasteiger partial charge in [-0.1, -0.05) is 122 Å². The predicted molar refractivity (Wildman–Crippen MR) is 185 cm³/mol. The maximum Gasteiger partial charge on any atom is 0.472 e. The average Bonchev–Trinajstić information content (AvgIpc) is 2.95. The van der Waals surface area contributed by atoms with Gasteiger partial charge >= 0.3 is 7.82 Å². The summed E-state index contributed by atoms with van der Waals surface area (Å²) in [6.07, 6.45) is 29.5. The first-order chi connectivity index (χ1) is 21.0. The molecule has 0 heterocycles. The lowest BCUT2D eigenvalue weighted by molar-refractivity contribution is -0.870. The van der Waals surface area contributed by atoms with Crippen molar-refractivity contribution in [1.82, 2.24) is 5.32 Å². The van der Waals surface area contributed by atoms with Gasteiger partial charge < -0.3 is 19.8 Å². The molecule has 0 saturated carbocycles. The van der Waals surface area contributed by atoms with Gasteiger partial charge in [0.25, 0.3) is 0 Å².